The van der Waals surface area contributed by atoms with Gasteiger partial charge in [-0.25, -0.2) is 4.99 Å². The van der Waals surface area contributed by atoms with Crippen molar-refractivity contribution in [3.8, 4) is 17.6 Å². The minimum Gasteiger partial charge on any atom is -0.493 e. The van der Waals surface area contributed by atoms with E-state index < -0.39 is 0 Å². The molecule has 2 aliphatic heterocycles. The average Bonchev–Trinajstić information content (AvgIpc) is 2.78. The van der Waals surface area contributed by atoms with Crippen molar-refractivity contribution in [1.82, 2.24) is 9.80 Å². The van der Waals surface area contributed by atoms with Crippen LogP contribution in [-0.4, -0.2) is 49.4 Å². The molecular formula is C23H24N4O2. The van der Waals surface area contributed by atoms with Crippen molar-refractivity contribution in [2.45, 2.75) is 13.0 Å². The first-order valence-corrected chi connectivity index (χ1v) is 9.78. The molecule has 2 aromatic carbocycles. The quantitative estimate of drug-likeness (QED) is 0.581. The van der Waals surface area contributed by atoms with E-state index >= 15 is 0 Å². The Morgan fingerprint density at radius 1 is 1.10 bits per heavy atom. The number of allylic oxidation sites excluding steroid dienone is 1. The van der Waals surface area contributed by atoms with Crippen LogP contribution < -0.4 is 9.47 Å². The number of methoxy groups -OCH3 is 1. The van der Waals surface area contributed by atoms with Crippen LogP contribution in [0.2, 0.25) is 0 Å². The van der Waals surface area contributed by atoms with Gasteiger partial charge < -0.3 is 14.4 Å². The molecule has 2 heterocycles. The van der Waals surface area contributed by atoms with Crippen molar-refractivity contribution < 1.29 is 9.47 Å². The maximum Gasteiger partial charge on any atom is 0.235 e. The van der Waals surface area contributed by atoms with Crippen LogP contribution in [-0.2, 0) is 13.0 Å². The van der Waals surface area contributed by atoms with Crippen molar-refractivity contribution >= 4 is 6.34 Å². The van der Waals surface area contributed by atoms with Crippen molar-refractivity contribution in [2.75, 3.05) is 33.3 Å². The molecule has 4 rings (SSSR count). The summed E-state index contributed by atoms with van der Waals surface area (Å²) in [5.41, 5.74) is 2.81. The van der Waals surface area contributed by atoms with Crippen LogP contribution in [0.5, 0.6) is 11.5 Å². The number of rotatable bonds is 5. The van der Waals surface area contributed by atoms with Gasteiger partial charge in [-0.15, -0.1) is 0 Å². The first-order valence-electron chi connectivity index (χ1n) is 9.78. The van der Waals surface area contributed by atoms with Gasteiger partial charge in [0.25, 0.3) is 0 Å². The fraction of sp³-hybridized carbons (Fsp3) is 0.304. The maximum atomic E-state index is 9.51. The third kappa shape index (κ3) is 4.41. The van der Waals surface area contributed by atoms with Gasteiger partial charge in [0.1, 0.15) is 6.07 Å². The summed E-state index contributed by atoms with van der Waals surface area (Å²) in [5, 5.41) is 9.51. The Morgan fingerprint density at radius 2 is 1.90 bits per heavy atom. The van der Waals surface area contributed by atoms with Crippen molar-refractivity contribution in [3.63, 3.8) is 0 Å². The average molecular weight is 388 g/mol. The normalized spacial score (nSPS) is 17.0. The summed E-state index contributed by atoms with van der Waals surface area (Å²) in [6.07, 6.45) is 2.30. The monoisotopic (exact) mass is 388 g/mol. The highest BCUT2D eigenvalue weighted by Crippen LogP contribution is 2.38. The molecule has 0 atom stereocenters. The van der Waals surface area contributed by atoms with E-state index in [1.54, 1.807) is 13.4 Å². The van der Waals surface area contributed by atoms with Crippen LogP contribution in [0, 0.1) is 11.3 Å². The number of ether oxygens (including phenoxy) is 2. The zero-order chi connectivity index (χ0) is 20.1. The van der Waals surface area contributed by atoms with Crippen molar-refractivity contribution in [3.05, 3.63) is 71.1 Å². The maximum absolute atomic E-state index is 9.51. The summed E-state index contributed by atoms with van der Waals surface area (Å²) in [6.45, 7) is 4.71. The van der Waals surface area contributed by atoms with Crippen LogP contribution in [0.25, 0.3) is 0 Å². The first kappa shape index (κ1) is 19.0. The Kier molecular flexibility index (Phi) is 5.78. The summed E-state index contributed by atoms with van der Waals surface area (Å²) in [7, 11) is 1.61. The van der Waals surface area contributed by atoms with Gasteiger partial charge in [0, 0.05) is 44.7 Å². The molecule has 29 heavy (non-hydrogen) atoms. The number of hydrogen-bond acceptors (Lipinski definition) is 5. The van der Waals surface area contributed by atoms with Crippen molar-refractivity contribution in [1.29, 1.82) is 5.26 Å². The van der Waals surface area contributed by atoms with E-state index in [9.17, 15) is 5.26 Å². The molecule has 0 N–H and O–H groups in total. The van der Waals surface area contributed by atoms with Crippen LogP contribution >= 0.6 is 0 Å². The second-order valence-electron chi connectivity index (χ2n) is 7.17. The van der Waals surface area contributed by atoms with Gasteiger partial charge in [-0.05, 0) is 11.6 Å². The van der Waals surface area contributed by atoms with E-state index in [4.69, 9.17) is 9.47 Å². The number of hydrogen-bond donors (Lipinski definition) is 0. The van der Waals surface area contributed by atoms with E-state index in [1.807, 2.05) is 24.3 Å². The molecule has 148 valence electrons. The number of fused-ring (bicyclic) bond motifs is 1. The van der Waals surface area contributed by atoms with E-state index in [0.717, 1.165) is 38.3 Å². The molecule has 2 aliphatic rings. The topological polar surface area (TPSA) is 61.1 Å². The third-order valence-corrected chi connectivity index (χ3v) is 5.23. The highest BCUT2D eigenvalue weighted by molar-refractivity contribution is 5.59. The summed E-state index contributed by atoms with van der Waals surface area (Å²) in [6, 6.07) is 18.5. The third-order valence-electron chi connectivity index (χ3n) is 5.23. The zero-order valence-electron chi connectivity index (χ0n) is 16.5. The Balaban J connectivity index is 1.39. The number of benzene rings is 2. The molecule has 0 radical (unpaired) electrons. The zero-order valence-corrected chi connectivity index (χ0v) is 16.5. The van der Waals surface area contributed by atoms with E-state index in [0.29, 0.717) is 29.4 Å². The van der Waals surface area contributed by atoms with Crippen LogP contribution in [0.4, 0.5) is 0 Å². The number of aliphatic imine (C=N–C) groups is 1. The molecule has 0 unspecified atom stereocenters. The molecule has 6 heteroatoms. The lowest BCUT2D eigenvalue weighted by atomic mass is 10.0. The van der Waals surface area contributed by atoms with Gasteiger partial charge in [0.15, 0.2) is 11.5 Å². The van der Waals surface area contributed by atoms with Gasteiger partial charge in [0.2, 0.25) is 5.88 Å². The minimum atomic E-state index is 0.358. The fourth-order valence-corrected chi connectivity index (χ4v) is 3.61. The predicted molar refractivity (Wildman–Crippen MR) is 112 cm³/mol. The molecule has 0 saturated carbocycles. The first-order chi connectivity index (χ1) is 14.3. The summed E-state index contributed by atoms with van der Waals surface area (Å²) >= 11 is 0. The van der Waals surface area contributed by atoms with Crippen LogP contribution in [0.3, 0.4) is 0 Å². The number of para-hydroxylation sites is 1. The van der Waals surface area contributed by atoms with Gasteiger partial charge >= 0.3 is 0 Å². The Bertz CT molecular complexity index is 955. The minimum absolute atomic E-state index is 0.358. The second-order valence-corrected chi connectivity index (χ2v) is 7.17. The summed E-state index contributed by atoms with van der Waals surface area (Å²) in [5.74, 6) is 1.66. The number of piperazine rings is 1. The molecule has 1 saturated heterocycles. The lowest BCUT2D eigenvalue weighted by Crippen LogP contribution is -2.45. The fourth-order valence-electron chi connectivity index (χ4n) is 3.61. The molecule has 6 nitrogen and oxygen atoms in total. The second kappa shape index (κ2) is 8.80. The van der Waals surface area contributed by atoms with Crippen LogP contribution in [0.1, 0.15) is 11.1 Å². The van der Waals surface area contributed by atoms with Gasteiger partial charge in [-0.3, -0.25) is 4.90 Å². The van der Waals surface area contributed by atoms with Crippen LogP contribution in [0.15, 0.2) is 65.0 Å². The molecule has 0 aliphatic carbocycles. The molecule has 0 amide bonds. The Labute approximate surface area is 171 Å². The Morgan fingerprint density at radius 3 is 2.62 bits per heavy atom. The highest BCUT2D eigenvalue weighted by Gasteiger charge is 2.23. The lowest BCUT2D eigenvalue weighted by Gasteiger charge is -2.33. The van der Waals surface area contributed by atoms with E-state index in [-0.39, 0.29) is 0 Å². The standard InChI is InChI=1S/C23H24N4O2/c1-28-21-9-5-8-19-14-20(15-24)23(29-22(19)21)25-17-27-12-10-26(11-13-27)16-18-6-3-2-4-7-18/h2-9,17H,10-14,16H2,1H3/b25-17+. The van der Waals surface area contributed by atoms with Gasteiger partial charge in [-0.1, -0.05) is 42.5 Å². The smallest absolute Gasteiger partial charge is 0.235 e. The Hall–Kier alpha value is -3.30. The number of nitrogens with zero attached hydrogens (tertiary/aromatic N) is 4. The number of nitriles is 1. The lowest BCUT2D eigenvalue weighted by molar-refractivity contribution is 0.178. The van der Waals surface area contributed by atoms with Gasteiger partial charge in [0.05, 0.1) is 19.0 Å². The van der Waals surface area contributed by atoms with Gasteiger partial charge in [-0.2, -0.15) is 5.26 Å². The van der Waals surface area contributed by atoms with Crippen molar-refractivity contribution in [2.24, 2.45) is 4.99 Å². The summed E-state index contributed by atoms with van der Waals surface area (Å²) < 4.78 is 11.3. The molecule has 0 bridgehead atoms. The molecule has 0 spiro atoms. The van der Waals surface area contributed by atoms with E-state index in [1.165, 1.54) is 5.56 Å². The summed E-state index contributed by atoms with van der Waals surface area (Å²) in [4.78, 5) is 9.12. The molecule has 2 aromatic rings. The molecule has 0 aromatic heterocycles. The predicted octanol–water partition coefficient (Wildman–Crippen LogP) is 3.21. The SMILES string of the molecule is COc1cccc2c1OC(/N=C/N1CCN(Cc3ccccc3)CC1)=C(C#N)C2. The largest absolute Gasteiger partial charge is 0.493 e. The van der Waals surface area contributed by atoms with E-state index in [2.05, 4.69) is 45.1 Å². The highest BCUT2D eigenvalue weighted by atomic mass is 16.5. The molecule has 1 fully saturated rings. The molecular weight excluding hydrogens is 364 g/mol.